The minimum atomic E-state index is -3.90. The van der Waals surface area contributed by atoms with Crippen LogP contribution in [0.25, 0.3) is 0 Å². The number of fused-ring (bicyclic) bond motifs is 1. The van der Waals surface area contributed by atoms with Gasteiger partial charge in [-0.15, -0.1) is 0 Å². The molecule has 4 rings (SSSR count). The molecule has 2 heterocycles. The SMILES string of the molecule is O=C1COc2ccccc2CC=CCC2(CCN(S(=O)(=O)c3ccccc3F)CC2)CN1. The number of hydrogen-bond acceptors (Lipinski definition) is 4. The third-order valence-electron chi connectivity index (χ3n) is 6.28. The van der Waals surface area contributed by atoms with Gasteiger partial charge in [0.1, 0.15) is 16.5 Å². The first kappa shape index (κ1) is 22.5. The molecular formula is C24H27FN2O4S. The Kier molecular flexibility index (Phi) is 6.62. The zero-order valence-electron chi connectivity index (χ0n) is 17.8. The number of hydrogen-bond donors (Lipinski definition) is 1. The summed E-state index contributed by atoms with van der Waals surface area (Å²) in [6.45, 7) is 0.929. The molecule has 1 saturated heterocycles. The summed E-state index contributed by atoms with van der Waals surface area (Å²) in [4.78, 5) is 12.1. The van der Waals surface area contributed by atoms with E-state index in [4.69, 9.17) is 4.74 Å². The molecule has 32 heavy (non-hydrogen) atoms. The molecule has 0 bridgehead atoms. The first-order valence-electron chi connectivity index (χ1n) is 10.8. The van der Waals surface area contributed by atoms with Crippen LogP contribution in [0.4, 0.5) is 4.39 Å². The number of halogens is 1. The lowest BCUT2D eigenvalue weighted by Crippen LogP contribution is -2.48. The monoisotopic (exact) mass is 458 g/mol. The highest BCUT2D eigenvalue weighted by Gasteiger charge is 2.38. The fourth-order valence-electron chi connectivity index (χ4n) is 4.28. The van der Waals surface area contributed by atoms with Gasteiger partial charge in [-0.1, -0.05) is 42.5 Å². The number of allylic oxidation sites excluding steroid dienone is 2. The summed E-state index contributed by atoms with van der Waals surface area (Å²) < 4.78 is 47.0. The van der Waals surface area contributed by atoms with E-state index < -0.39 is 15.8 Å². The van der Waals surface area contributed by atoms with Crippen LogP contribution in [0, 0.1) is 11.2 Å². The number of carbonyl (C=O) groups is 1. The largest absolute Gasteiger partial charge is 0.483 e. The number of benzene rings is 2. The molecule has 170 valence electrons. The second-order valence-corrected chi connectivity index (χ2v) is 10.3. The van der Waals surface area contributed by atoms with Crippen molar-refractivity contribution in [3.8, 4) is 5.75 Å². The number of ether oxygens (including phenoxy) is 1. The van der Waals surface area contributed by atoms with Crippen molar-refractivity contribution in [2.24, 2.45) is 5.41 Å². The van der Waals surface area contributed by atoms with Gasteiger partial charge in [0.15, 0.2) is 6.61 Å². The fraction of sp³-hybridized carbons (Fsp3) is 0.375. The van der Waals surface area contributed by atoms with Gasteiger partial charge < -0.3 is 10.1 Å². The van der Waals surface area contributed by atoms with E-state index in [1.807, 2.05) is 24.3 Å². The van der Waals surface area contributed by atoms with Gasteiger partial charge in [-0.2, -0.15) is 4.31 Å². The molecule has 2 aromatic carbocycles. The van der Waals surface area contributed by atoms with Crippen LogP contribution in [-0.2, 0) is 21.2 Å². The van der Waals surface area contributed by atoms with E-state index in [-0.39, 0.29) is 35.9 Å². The van der Waals surface area contributed by atoms with Crippen LogP contribution in [0.2, 0.25) is 0 Å². The Balaban J connectivity index is 1.49. The number of nitrogens with one attached hydrogen (secondary N) is 1. The second kappa shape index (κ2) is 9.42. The van der Waals surface area contributed by atoms with E-state index in [1.165, 1.54) is 22.5 Å². The molecule has 1 amide bonds. The smallest absolute Gasteiger partial charge is 0.257 e. The quantitative estimate of drug-likeness (QED) is 0.701. The van der Waals surface area contributed by atoms with Crippen molar-refractivity contribution in [3.63, 3.8) is 0 Å². The predicted octanol–water partition coefficient (Wildman–Crippen LogP) is 3.29. The minimum Gasteiger partial charge on any atom is -0.483 e. The van der Waals surface area contributed by atoms with E-state index >= 15 is 0 Å². The molecule has 0 unspecified atom stereocenters. The molecule has 2 aromatic rings. The molecule has 0 aliphatic carbocycles. The van der Waals surface area contributed by atoms with Crippen LogP contribution in [0.15, 0.2) is 65.6 Å². The van der Waals surface area contributed by atoms with Crippen LogP contribution < -0.4 is 10.1 Å². The first-order valence-corrected chi connectivity index (χ1v) is 12.2. The molecule has 1 spiro atoms. The molecule has 0 atom stereocenters. The Morgan fingerprint density at radius 3 is 2.50 bits per heavy atom. The average molecular weight is 459 g/mol. The van der Waals surface area contributed by atoms with E-state index in [0.717, 1.165) is 18.1 Å². The second-order valence-electron chi connectivity index (χ2n) is 8.39. The zero-order chi connectivity index (χ0) is 22.6. The van der Waals surface area contributed by atoms with Crippen molar-refractivity contribution >= 4 is 15.9 Å². The normalized spacial score (nSPS) is 19.8. The summed E-state index contributed by atoms with van der Waals surface area (Å²) in [6.07, 6.45) is 6.76. The summed E-state index contributed by atoms with van der Waals surface area (Å²) in [7, 11) is -3.90. The minimum absolute atomic E-state index is 0.0649. The number of amides is 1. The molecular weight excluding hydrogens is 431 g/mol. The topological polar surface area (TPSA) is 75.7 Å². The number of rotatable bonds is 2. The van der Waals surface area contributed by atoms with Crippen LogP contribution in [0.3, 0.4) is 0 Å². The van der Waals surface area contributed by atoms with Crippen LogP contribution in [-0.4, -0.2) is 44.9 Å². The van der Waals surface area contributed by atoms with Crippen molar-refractivity contribution < 1.29 is 22.3 Å². The number of piperidine rings is 1. The number of carbonyl (C=O) groups excluding carboxylic acids is 1. The van der Waals surface area contributed by atoms with Gasteiger partial charge in [0, 0.05) is 19.6 Å². The summed E-state index contributed by atoms with van der Waals surface area (Å²) in [5.74, 6) is -0.242. The Morgan fingerprint density at radius 1 is 1.00 bits per heavy atom. The summed E-state index contributed by atoms with van der Waals surface area (Å²) in [5, 5.41) is 2.96. The van der Waals surface area contributed by atoms with Crippen LogP contribution in [0.1, 0.15) is 24.8 Å². The molecule has 0 radical (unpaired) electrons. The van der Waals surface area contributed by atoms with Crippen molar-refractivity contribution in [1.29, 1.82) is 0 Å². The Hall–Kier alpha value is -2.71. The molecule has 6 nitrogen and oxygen atoms in total. The predicted molar refractivity (Wildman–Crippen MR) is 119 cm³/mol. The number of sulfonamides is 1. The van der Waals surface area contributed by atoms with E-state index in [2.05, 4.69) is 17.5 Å². The lowest BCUT2D eigenvalue weighted by atomic mass is 9.76. The summed E-state index contributed by atoms with van der Waals surface area (Å²) >= 11 is 0. The van der Waals surface area contributed by atoms with Gasteiger partial charge in [-0.25, -0.2) is 12.8 Å². The molecule has 8 heteroatoms. The van der Waals surface area contributed by atoms with Gasteiger partial charge in [0.2, 0.25) is 10.0 Å². The number of nitrogens with zero attached hydrogens (tertiary/aromatic N) is 1. The summed E-state index contributed by atoms with van der Waals surface area (Å²) in [5.41, 5.74) is 0.753. The Bertz CT molecular complexity index is 1110. The van der Waals surface area contributed by atoms with E-state index in [0.29, 0.717) is 31.6 Å². The van der Waals surface area contributed by atoms with E-state index in [9.17, 15) is 17.6 Å². The van der Waals surface area contributed by atoms with Gasteiger partial charge in [-0.3, -0.25) is 4.79 Å². The van der Waals surface area contributed by atoms with Crippen LogP contribution >= 0.6 is 0 Å². The maximum Gasteiger partial charge on any atom is 0.257 e. The maximum atomic E-state index is 14.1. The number of para-hydroxylation sites is 1. The molecule has 2 aliphatic heterocycles. The van der Waals surface area contributed by atoms with Crippen molar-refractivity contribution in [1.82, 2.24) is 9.62 Å². The lowest BCUT2D eigenvalue weighted by Gasteiger charge is -2.41. The third kappa shape index (κ3) is 4.86. The molecule has 0 saturated carbocycles. The molecule has 1 fully saturated rings. The Morgan fingerprint density at radius 2 is 1.72 bits per heavy atom. The maximum absolute atomic E-state index is 14.1. The van der Waals surface area contributed by atoms with Crippen molar-refractivity contribution in [2.45, 2.75) is 30.6 Å². The van der Waals surface area contributed by atoms with Gasteiger partial charge in [0.25, 0.3) is 5.91 Å². The van der Waals surface area contributed by atoms with Crippen LogP contribution in [0.5, 0.6) is 5.75 Å². The van der Waals surface area contributed by atoms with Gasteiger partial charge in [-0.05, 0) is 54.9 Å². The third-order valence-corrected chi connectivity index (χ3v) is 8.22. The average Bonchev–Trinajstić information content (AvgIpc) is 2.80. The first-order chi connectivity index (χ1) is 15.4. The lowest BCUT2D eigenvalue weighted by molar-refractivity contribution is -0.123. The Labute approximate surface area is 188 Å². The van der Waals surface area contributed by atoms with Gasteiger partial charge >= 0.3 is 0 Å². The highest BCUT2D eigenvalue weighted by Crippen LogP contribution is 2.37. The molecule has 2 aliphatic rings. The molecule has 1 N–H and O–H groups in total. The standard InChI is InChI=1S/C24H27FN2O4S/c25-20-9-2-4-11-22(20)32(29,30)27-15-13-24(14-16-27)12-6-5-8-19-7-1-3-10-21(19)31-17-23(28)26-18-24/h1-7,9-11H,8,12-18H2,(H,26,28). The highest BCUT2D eigenvalue weighted by molar-refractivity contribution is 7.89. The fourth-order valence-corrected chi connectivity index (χ4v) is 5.79. The van der Waals surface area contributed by atoms with Crippen molar-refractivity contribution in [2.75, 3.05) is 26.2 Å². The van der Waals surface area contributed by atoms with Crippen molar-refractivity contribution in [3.05, 3.63) is 72.1 Å². The highest BCUT2D eigenvalue weighted by atomic mass is 32.2. The van der Waals surface area contributed by atoms with E-state index in [1.54, 1.807) is 0 Å². The molecule has 0 aromatic heterocycles. The zero-order valence-corrected chi connectivity index (χ0v) is 18.6. The van der Waals surface area contributed by atoms with Gasteiger partial charge in [0.05, 0.1) is 0 Å². The summed E-state index contributed by atoms with van der Waals surface area (Å²) in [6, 6.07) is 13.1.